The van der Waals surface area contributed by atoms with Crippen molar-refractivity contribution >= 4 is 38.9 Å². The predicted molar refractivity (Wildman–Crippen MR) is 117 cm³/mol. The largest absolute Gasteiger partial charge is 0.324 e. The van der Waals surface area contributed by atoms with E-state index in [1.807, 2.05) is 6.07 Å². The fourth-order valence-electron chi connectivity index (χ4n) is 3.21. The highest BCUT2D eigenvalue weighted by atomic mass is 35.5. The topological polar surface area (TPSA) is 103 Å². The molecular formula is C22H14ClFN4O3S. The Morgan fingerprint density at radius 3 is 2.62 bits per heavy atom. The minimum atomic E-state index is -4.20. The zero-order valence-corrected chi connectivity index (χ0v) is 17.9. The molecule has 0 aromatic heterocycles. The molecule has 1 amide bonds. The SMILES string of the molecule is N#Cc1cccc(NC(=O)CN2N=C(c3ccccc3F)c3cc(Cl)ccc3S2(=O)=O)c1. The summed E-state index contributed by atoms with van der Waals surface area (Å²) in [4.78, 5) is 12.4. The van der Waals surface area contributed by atoms with Gasteiger partial charge in [-0.05, 0) is 48.5 Å². The van der Waals surface area contributed by atoms with Gasteiger partial charge in [0, 0.05) is 21.8 Å². The molecule has 3 aromatic rings. The summed E-state index contributed by atoms with van der Waals surface area (Å²) in [6.45, 7) is -0.654. The van der Waals surface area contributed by atoms with Gasteiger partial charge in [-0.25, -0.2) is 4.39 Å². The number of carbonyl (C=O) groups is 1. The summed E-state index contributed by atoms with van der Waals surface area (Å²) >= 11 is 6.05. The number of fused-ring (bicyclic) bond motifs is 1. The number of anilines is 1. The number of nitrogens with zero attached hydrogens (tertiary/aromatic N) is 3. The van der Waals surface area contributed by atoms with Crippen LogP contribution in [0.15, 0.2) is 76.7 Å². The summed E-state index contributed by atoms with van der Waals surface area (Å²) in [5.41, 5.74) is 0.904. The van der Waals surface area contributed by atoms with Crippen LogP contribution < -0.4 is 5.32 Å². The lowest BCUT2D eigenvalue weighted by molar-refractivity contribution is -0.116. The highest BCUT2D eigenvalue weighted by molar-refractivity contribution is 7.89. The van der Waals surface area contributed by atoms with Crippen molar-refractivity contribution in [1.82, 2.24) is 4.41 Å². The first-order valence-electron chi connectivity index (χ1n) is 9.26. The van der Waals surface area contributed by atoms with Gasteiger partial charge in [0.25, 0.3) is 10.0 Å². The molecule has 0 aliphatic carbocycles. The molecule has 160 valence electrons. The van der Waals surface area contributed by atoms with Crippen molar-refractivity contribution in [3.8, 4) is 6.07 Å². The third-order valence-corrected chi connectivity index (χ3v) is 6.56. The molecule has 1 aliphatic heterocycles. The first-order valence-corrected chi connectivity index (χ1v) is 11.1. The van der Waals surface area contributed by atoms with Crippen LogP contribution in [0.2, 0.25) is 5.02 Å². The minimum absolute atomic E-state index is 0.0368. The first-order chi connectivity index (χ1) is 15.3. The lowest BCUT2D eigenvalue weighted by Gasteiger charge is -2.27. The van der Waals surface area contributed by atoms with E-state index in [0.29, 0.717) is 15.7 Å². The van der Waals surface area contributed by atoms with Gasteiger partial charge >= 0.3 is 0 Å². The second kappa shape index (κ2) is 8.42. The molecule has 7 nitrogen and oxygen atoms in total. The van der Waals surface area contributed by atoms with Crippen LogP contribution in [0, 0.1) is 17.1 Å². The van der Waals surface area contributed by atoms with E-state index < -0.39 is 28.3 Å². The van der Waals surface area contributed by atoms with E-state index in [9.17, 15) is 17.6 Å². The molecule has 3 aromatic carbocycles. The van der Waals surface area contributed by atoms with Gasteiger partial charge < -0.3 is 5.32 Å². The Morgan fingerprint density at radius 1 is 1.09 bits per heavy atom. The normalized spacial score (nSPS) is 14.2. The standard InChI is InChI=1S/C22H14ClFN4O3S/c23-15-8-9-20-18(11-15)22(17-6-1-2-7-19(17)24)27-28(32(20,30)31)13-21(29)26-16-5-3-4-14(10-16)12-25/h1-11H,13H2,(H,26,29). The molecule has 0 spiro atoms. The van der Waals surface area contributed by atoms with Crippen LogP contribution in [0.1, 0.15) is 16.7 Å². The highest BCUT2D eigenvalue weighted by Crippen LogP contribution is 2.31. The maximum atomic E-state index is 14.5. The lowest BCUT2D eigenvalue weighted by atomic mass is 10.0. The maximum absolute atomic E-state index is 14.5. The summed E-state index contributed by atoms with van der Waals surface area (Å²) in [6.07, 6.45) is 0. The molecule has 0 saturated heterocycles. The fraction of sp³-hybridized carbons (Fsp3) is 0.0455. The van der Waals surface area contributed by atoms with Crippen molar-refractivity contribution in [1.29, 1.82) is 5.26 Å². The molecule has 4 rings (SSSR count). The first kappa shape index (κ1) is 21.5. The number of carbonyl (C=O) groups excluding carboxylic acids is 1. The molecule has 0 atom stereocenters. The Hall–Kier alpha value is -3.74. The molecule has 0 unspecified atom stereocenters. The van der Waals surface area contributed by atoms with Gasteiger partial charge in [-0.1, -0.05) is 29.8 Å². The number of amides is 1. The molecular weight excluding hydrogens is 455 g/mol. The van der Waals surface area contributed by atoms with Crippen molar-refractivity contribution in [2.75, 3.05) is 11.9 Å². The third-order valence-electron chi connectivity index (χ3n) is 4.65. The number of benzene rings is 3. The number of hydrogen-bond acceptors (Lipinski definition) is 5. The van der Waals surface area contributed by atoms with Crippen molar-refractivity contribution < 1.29 is 17.6 Å². The summed E-state index contributed by atoms with van der Waals surface area (Å²) in [5, 5.41) is 15.9. The third kappa shape index (κ3) is 4.06. The van der Waals surface area contributed by atoms with Crippen LogP contribution in [0.4, 0.5) is 10.1 Å². The Bertz CT molecular complexity index is 1420. The molecule has 1 N–H and O–H groups in total. The molecule has 0 saturated carbocycles. The summed E-state index contributed by atoms with van der Waals surface area (Å²) < 4.78 is 41.4. The van der Waals surface area contributed by atoms with Crippen LogP contribution >= 0.6 is 11.6 Å². The average Bonchev–Trinajstić information content (AvgIpc) is 2.76. The van der Waals surface area contributed by atoms with E-state index in [0.717, 1.165) is 0 Å². The van der Waals surface area contributed by atoms with Crippen LogP contribution in [0.5, 0.6) is 0 Å². The smallest absolute Gasteiger partial charge is 0.280 e. The second-order valence-corrected chi connectivity index (χ2v) is 9.04. The predicted octanol–water partition coefficient (Wildman–Crippen LogP) is 3.75. The molecule has 1 aliphatic rings. The van der Waals surface area contributed by atoms with Gasteiger partial charge in [0.05, 0.1) is 16.5 Å². The summed E-state index contributed by atoms with van der Waals surface area (Å²) in [5.74, 6) is -1.29. The second-order valence-electron chi connectivity index (χ2n) is 6.80. The Balaban J connectivity index is 1.74. The van der Waals surface area contributed by atoms with Crippen LogP contribution in [0.3, 0.4) is 0 Å². The number of rotatable bonds is 4. The minimum Gasteiger partial charge on any atom is -0.324 e. The van der Waals surface area contributed by atoms with Crippen LogP contribution in [0.25, 0.3) is 0 Å². The molecule has 1 heterocycles. The van der Waals surface area contributed by atoms with E-state index >= 15 is 0 Å². The molecule has 0 fully saturated rings. The Kier molecular flexibility index (Phi) is 5.65. The number of sulfonamides is 1. The van der Waals surface area contributed by atoms with E-state index in [-0.39, 0.29) is 26.8 Å². The van der Waals surface area contributed by atoms with Crippen molar-refractivity contribution in [3.05, 3.63) is 94.3 Å². The van der Waals surface area contributed by atoms with E-state index in [1.54, 1.807) is 24.3 Å². The zero-order valence-electron chi connectivity index (χ0n) is 16.3. The van der Waals surface area contributed by atoms with E-state index in [1.165, 1.54) is 42.5 Å². The zero-order chi connectivity index (χ0) is 22.9. The van der Waals surface area contributed by atoms with Gasteiger partial charge in [0.15, 0.2) is 0 Å². The number of halogens is 2. The van der Waals surface area contributed by atoms with Crippen molar-refractivity contribution in [3.63, 3.8) is 0 Å². The van der Waals surface area contributed by atoms with E-state index in [2.05, 4.69) is 10.4 Å². The highest BCUT2D eigenvalue weighted by Gasteiger charge is 2.35. The van der Waals surface area contributed by atoms with Crippen LogP contribution in [-0.4, -0.2) is 31.0 Å². The van der Waals surface area contributed by atoms with Crippen LogP contribution in [-0.2, 0) is 14.8 Å². The number of nitrogens with one attached hydrogen (secondary N) is 1. The summed E-state index contributed by atoms with van der Waals surface area (Å²) in [6, 6.07) is 18.0. The van der Waals surface area contributed by atoms with Gasteiger partial charge in [0.1, 0.15) is 18.1 Å². The average molecular weight is 469 g/mol. The lowest BCUT2D eigenvalue weighted by Crippen LogP contribution is -2.38. The fourth-order valence-corrected chi connectivity index (χ4v) is 4.76. The van der Waals surface area contributed by atoms with Crippen molar-refractivity contribution in [2.24, 2.45) is 5.10 Å². The summed E-state index contributed by atoms with van der Waals surface area (Å²) in [7, 11) is -4.20. The molecule has 0 bridgehead atoms. The van der Waals surface area contributed by atoms with Gasteiger partial charge in [-0.3, -0.25) is 4.79 Å². The Labute approximate surface area is 188 Å². The quantitative estimate of drug-likeness (QED) is 0.629. The molecule has 10 heteroatoms. The maximum Gasteiger partial charge on any atom is 0.280 e. The van der Waals surface area contributed by atoms with E-state index in [4.69, 9.17) is 16.9 Å². The Morgan fingerprint density at radius 2 is 1.88 bits per heavy atom. The monoisotopic (exact) mass is 468 g/mol. The van der Waals surface area contributed by atoms with Crippen molar-refractivity contribution in [2.45, 2.75) is 4.90 Å². The molecule has 0 radical (unpaired) electrons. The molecule has 32 heavy (non-hydrogen) atoms. The van der Waals surface area contributed by atoms with Gasteiger partial charge in [0.2, 0.25) is 5.91 Å². The number of hydrazone groups is 1. The van der Waals surface area contributed by atoms with Gasteiger partial charge in [-0.15, -0.1) is 0 Å². The number of hydrogen-bond donors (Lipinski definition) is 1. The van der Waals surface area contributed by atoms with Gasteiger partial charge in [-0.2, -0.15) is 23.2 Å². The number of nitriles is 1.